The van der Waals surface area contributed by atoms with Gasteiger partial charge in [0.2, 0.25) is 0 Å². The van der Waals surface area contributed by atoms with Crippen LogP contribution in [0, 0.1) is 0 Å². The zero-order chi connectivity index (χ0) is 11.9. The SMILES string of the molecule is COC(=O)C(COS(C)(=O)=O)N=CB=O. The zero-order valence-electron chi connectivity index (χ0n) is 8.24. The van der Waals surface area contributed by atoms with E-state index in [0.29, 0.717) is 7.15 Å². The molecule has 0 aliphatic heterocycles. The van der Waals surface area contributed by atoms with Crippen molar-refractivity contribution >= 4 is 29.4 Å². The van der Waals surface area contributed by atoms with Crippen LogP contribution < -0.4 is 0 Å². The van der Waals surface area contributed by atoms with Crippen molar-refractivity contribution in [3.63, 3.8) is 0 Å². The Balaban J connectivity index is 4.45. The Labute approximate surface area is 87.8 Å². The van der Waals surface area contributed by atoms with Gasteiger partial charge >= 0.3 is 87.2 Å². The van der Waals surface area contributed by atoms with Gasteiger partial charge in [0.1, 0.15) is 0 Å². The normalized spacial score (nSPS) is 13.5. The van der Waals surface area contributed by atoms with E-state index in [0.717, 1.165) is 19.5 Å². The number of methoxy groups -OCH3 is 1. The van der Waals surface area contributed by atoms with Gasteiger partial charge in [0.15, 0.2) is 0 Å². The summed E-state index contributed by atoms with van der Waals surface area (Å²) >= 11 is 0. The van der Waals surface area contributed by atoms with Crippen molar-refractivity contribution < 1.29 is 26.8 Å². The summed E-state index contributed by atoms with van der Waals surface area (Å²) in [6.45, 7) is -0.490. The molecule has 0 bridgehead atoms. The first-order chi connectivity index (χ1) is 6.90. The molecule has 0 fully saturated rings. The summed E-state index contributed by atoms with van der Waals surface area (Å²) in [5, 5.41) is 0. The number of hydrogen-bond donors (Lipinski definition) is 0. The van der Waals surface area contributed by atoms with Crippen molar-refractivity contribution in [1.29, 1.82) is 0 Å². The summed E-state index contributed by atoms with van der Waals surface area (Å²) in [5.74, 6) is -0.781. The average Bonchev–Trinajstić information content (AvgIpc) is 2.15. The molecule has 9 heteroatoms. The van der Waals surface area contributed by atoms with Crippen LogP contribution in [0.1, 0.15) is 0 Å². The van der Waals surface area contributed by atoms with Gasteiger partial charge < -0.3 is 0 Å². The molecular formula is C6H10BNO6S. The molecule has 0 aliphatic carbocycles. The van der Waals surface area contributed by atoms with Crippen LogP contribution in [-0.4, -0.2) is 53.7 Å². The summed E-state index contributed by atoms with van der Waals surface area (Å²) in [4.78, 5) is 14.5. The zero-order valence-corrected chi connectivity index (χ0v) is 9.06. The second-order valence-electron chi connectivity index (χ2n) is 2.46. The van der Waals surface area contributed by atoms with E-state index in [4.69, 9.17) is 0 Å². The van der Waals surface area contributed by atoms with E-state index in [1.807, 2.05) is 0 Å². The second-order valence-corrected chi connectivity index (χ2v) is 4.11. The van der Waals surface area contributed by atoms with Crippen molar-refractivity contribution in [3.05, 3.63) is 0 Å². The number of carbonyl (C=O) groups is 1. The van der Waals surface area contributed by atoms with Crippen LogP contribution in [-0.2, 0) is 28.5 Å². The van der Waals surface area contributed by atoms with Crippen molar-refractivity contribution in [1.82, 2.24) is 0 Å². The third-order valence-corrected chi connectivity index (χ3v) is 1.80. The molecule has 0 radical (unpaired) electrons. The molecule has 0 aliphatic rings. The van der Waals surface area contributed by atoms with Crippen LogP contribution >= 0.6 is 0 Å². The fourth-order valence-electron chi connectivity index (χ4n) is 0.635. The number of ether oxygens (including phenoxy) is 1. The number of carbonyl (C=O) groups excluding carboxylic acids is 1. The first-order valence-electron chi connectivity index (χ1n) is 3.80. The molecule has 0 saturated heterocycles. The van der Waals surface area contributed by atoms with Gasteiger partial charge in [-0.2, -0.15) is 0 Å². The number of nitrogens with zero attached hydrogens (tertiary/aromatic N) is 1. The molecule has 0 amide bonds. The predicted molar refractivity (Wildman–Crippen MR) is 51.5 cm³/mol. The third-order valence-electron chi connectivity index (χ3n) is 1.24. The molecule has 0 spiro atoms. The minimum atomic E-state index is -3.66. The third kappa shape index (κ3) is 6.92. The second kappa shape index (κ2) is 6.41. The van der Waals surface area contributed by atoms with E-state index in [1.165, 1.54) is 0 Å². The quantitative estimate of drug-likeness (QED) is 0.242. The molecule has 84 valence electrons. The molecule has 0 aromatic rings. The van der Waals surface area contributed by atoms with Crippen LogP contribution in [0.3, 0.4) is 0 Å². The Kier molecular flexibility index (Phi) is 5.94. The molecular weight excluding hydrogens is 225 g/mol. The van der Waals surface area contributed by atoms with Crippen molar-refractivity contribution in [2.45, 2.75) is 6.04 Å². The Hall–Kier alpha value is -1.09. The maximum atomic E-state index is 11.0. The minimum absolute atomic E-state index is 0.358. The monoisotopic (exact) mass is 235 g/mol. The molecule has 0 N–H and O–H groups in total. The van der Waals surface area contributed by atoms with Crippen LogP contribution in [0.15, 0.2) is 4.99 Å². The van der Waals surface area contributed by atoms with Crippen molar-refractivity contribution in [2.24, 2.45) is 4.99 Å². The molecule has 0 aromatic carbocycles. The summed E-state index contributed by atoms with van der Waals surface area (Å²) in [5.41, 5.74) is 0. The summed E-state index contributed by atoms with van der Waals surface area (Å²) < 4.78 is 39.9. The van der Waals surface area contributed by atoms with E-state index in [-0.39, 0.29) is 0 Å². The van der Waals surface area contributed by atoms with E-state index < -0.39 is 28.7 Å². The molecule has 1 unspecified atom stereocenters. The van der Waals surface area contributed by atoms with Gasteiger partial charge in [0.25, 0.3) is 0 Å². The molecule has 0 rings (SSSR count). The molecule has 15 heavy (non-hydrogen) atoms. The van der Waals surface area contributed by atoms with Gasteiger partial charge in [-0.3, -0.25) is 0 Å². The van der Waals surface area contributed by atoms with Crippen molar-refractivity contribution in [2.75, 3.05) is 20.0 Å². The fraction of sp³-hybridized carbons (Fsp3) is 0.667. The van der Waals surface area contributed by atoms with E-state index >= 15 is 0 Å². The van der Waals surface area contributed by atoms with Crippen LogP contribution in [0.4, 0.5) is 0 Å². The number of rotatable bonds is 6. The molecule has 0 saturated carbocycles. The Morgan fingerprint density at radius 1 is 1.60 bits per heavy atom. The van der Waals surface area contributed by atoms with Gasteiger partial charge in [-0.25, -0.2) is 0 Å². The maximum absolute atomic E-state index is 11.0. The average molecular weight is 235 g/mol. The van der Waals surface area contributed by atoms with E-state index in [9.17, 15) is 17.9 Å². The molecule has 0 heterocycles. The van der Waals surface area contributed by atoms with Crippen LogP contribution in [0.2, 0.25) is 0 Å². The number of hydrogen-bond acceptors (Lipinski definition) is 7. The Morgan fingerprint density at radius 3 is 2.60 bits per heavy atom. The van der Waals surface area contributed by atoms with Gasteiger partial charge in [-0.15, -0.1) is 0 Å². The molecule has 1 atom stereocenters. The van der Waals surface area contributed by atoms with Gasteiger partial charge in [-0.05, 0) is 0 Å². The number of esters is 1. The van der Waals surface area contributed by atoms with E-state index in [1.54, 1.807) is 0 Å². The molecule has 7 nitrogen and oxygen atoms in total. The van der Waals surface area contributed by atoms with Crippen molar-refractivity contribution in [3.8, 4) is 0 Å². The van der Waals surface area contributed by atoms with Crippen LogP contribution in [0.25, 0.3) is 0 Å². The number of aliphatic imine (C=N–C) groups is 1. The topological polar surface area (TPSA) is 99.1 Å². The first kappa shape index (κ1) is 13.9. The summed E-state index contributed by atoms with van der Waals surface area (Å²) in [6, 6.07) is -1.16. The van der Waals surface area contributed by atoms with Gasteiger partial charge in [0, 0.05) is 0 Å². The predicted octanol–water partition coefficient (Wildman–Crippen LogP) is -1.42. The summed E-state index contributed by atoms with van der Waals surface area (Å²) in [6.07, 6.45) is 1.66. The fourth-order valence-corrected chi connectivity index (χ4v) is 1.01. The Morgan fingerprint density at radius 2 is 2.20 bits per heavy atom. The molecule has 0 aromatic heterocycles. The summed E-state index contributed by atoms with van der Waals surface area (Å²) in [7, 11) is -2.18. The van der Waals surface area contributed by atoms with E-state index in [2.05, 4.69) is 13.9 Å². The van der Waals surface area contributed by atoms with Crippen LogP contribution in [0.5, 0.6) is 0 Å². The first-order valence-corrected chi connectivity index (χ1v) is 5.61. The van der Waals surface area contributed by atoms with Gasteiger partial charge in [0.05, 0.1) is 0 Å². The Bertz CT molecular complexity index is 351. The standard InChI is InChI=1S/C6H10BNO6S/c1-13-6(9)5(8-4-7-10)3-14-15(2,11)12/h4-5H,3H2,1-2H3. The van der Waals surface area contributed by atoms with Gasteiger partial charge in [-0.1, -0.05) is 0 Å².